The second-order valence-electron chi connectivity index (χ2n) is 5.41. The maximum Gasteiger partial charge on any atom is 0.253 e. The highest BCUT2D eigenvalue weighted by molar-refractivity contribution is 5.99. The van der Waals surface area contributed by atoms with E-state index in [4.69, 9.17) is 10.6 Å². The molecule has 5 heteroatoms. The lowest BCUT2D eigenvalue weighted by atomic mass is 9.92. The number of anilines is 1. The molecule has 1 saturated heterocycles. The van der Waals surface area contributed by atoms with Crippen molar-refractivity contribution in [2.24, 2.45) is 11.8 Å². The minimum atomic E-state index is -0.0862. The molecule has 0 aromatic heterocycles. The maximum atomic E-state index is 12.4. The van der Waals surface area contributed by atoms with Crippen molar-refractivity contribution >= 4 is 11.6 Å². The molecular formula is C15H23N3O2. The van der Waals surface area contributed by atoms with Crippen LogP contribution in [-0.4, -0.2) is 25.2 Å². The molecule has 1 heterocycles. The highest BCUT2D eigenvalue weighted by Crippen LogP contribution is 2.20. The number of nitrogens with two attached hydrogens (primary N) is 1. The van der Waals surface area contributed by atoms with E-state index in [1.807, 2.05) is 19.1 Å². The molecule has 1 unspecified atom stereocenters. The predicted octanol–water partition coefficient (Wildman–Crippen LogP) is 1.83. The van der Waals surface area contributed by atoms with Crippen molar-refractivity contribution in [3.63, 3.8) is 0 Å². The third-order valence-electron chi connectivity index (χ3n) is 3.91. The first-order valence-electron chi connectivity index (χ1n) is 7.07. The molecule has 1 fully saturated rings. The highest BCUT2D eigenvalue weighted by Gasteiger charge is 2.23. The average Bonchev–Trinajstić information content (AvgIpc) is 2.47. The molecule has 20 heavy (non-hydrogen) atoms. The van der Waals surface area contributed by atoms with Crippen LogP contribution in [0.25, 0.3) is 0 Å². The second-order valence-corrected chi connectivity index (χ2v) is 5.41. The molecular weight excluding hydrogens is 254 g/mol. The molecule has 1 amide bonds. The van der Waals surface area contributed by atoms with Gasteiger partial charge in [0.15, 0.2) is 0 Å². The number of aryl methyl sites for hydroxylation is 1. The Morgan fingerprint density at radius 1 is 1.40 bits per heavy atom. The number of amides is 1. The molecule has 0 spiro atoms. The highest BCUT2D eigenvalue weighted by atomic mass is 16.5. The first-order chi connectivity index (χ1) is 9.61. The number of ether oxygens (including phenoxy) is 1. The Labute approximate surface area is 119 Å². The summed E-state index contributed by atoms with van der Waals surface area (Å²) in [5.41, 5.74) is 4.89. The number of hydrogen-bond donors (Lipinski definition) is 3. The minimum Gasteiger partial charge on any atom is -0.381 e. The van der Waals surface area contributed by atoms with E-state index in [1.165, 1.54) is 0 Å². The number of benzene rings is 1. The van der Waals surface area contributed by atoms with E-state index >= 15 is 0 Å². The molecule has 1 aromatic rings. The Kier molecular flexibility index (Phi) is 4.98. The average molecular weight is 277 g/mol. The van der Waals surface area contributed by atoms with Gasteiger partial charge in [-0.1, -0.05) is 6.07 Å². The summed E-state index contributed by atoms with van der Waals surface area (Å²) >= 11 is 0. The van der Waals surface area contributed by atoms with Crippen molar-refractivity contribution in [3.05, 3.63) is 29.3 Å². The monoisotopic (exact) mass is 277 g/mol. The Morgan fingerprint density at radius 3 is 2.75 bits per heavy atom. The summed E-state index contributed by atoms with van der Waals surface area (Å²) in [5, 5.41) is 3.07. The van der Waals surface area contributed by atoms with Gasteiger partial charge in [0, 0.05) is 19.3 Å². The van der Waals surface area contributed by atoms with Crippen LogP contribution in [0, 0.1) is 12.8 Å². The topological polar surface area (TPSA) is 76.4 Å². The van der Waals surface area contributed by atoms with Crippen LogP contribution in [0.5, 0.6) is 0 Å². The third kappa shape index (κ3) is 3.49. The van der Waals surface area contributed by atoms with Crippen molar-refractivity contribution in [3.8, 4) is 0 Å². The van der Waals surface area contributed by atoms with Gasteiger partial charge in [0.2, 0.25) is 0 Å². The number of carbonyl (C=O) groups is 1. The lowest BCUT2D eigenvalue weighted by Crippen LogP contribution is -2.40. The van der Waals surface area contributed by atoms with Crippen molar-refractivity contribution < 1.29 is 9.53 Å². The summed E-state index contributed by atoms with van der Waals surface area (Å²) in [4.78, 5) is 12.4. The summed E-state index contributed by atoms with van der Waals surface area (Å²) in [6.07, 6.45) is 1.99. The molecule has 1 atom stereocenters. The zero-order valence-electron chi connectivity index (χ0n) is 12.1. The summed E-state index contributed by atoms with van der Waals surface area (Å²) in [5.74, 6) is 5.88. The van der Waals surface area contributed by atoms with Gasteiger partial charge in [-0.3, -0.25) is 10.6 Å². The van der Waals surface area contributed by atoms with Crippen molar-refractivity contribution in [2.75, 3.05) is 18.6 Å². The van der Waals surface area contributed by atoms with Gasteiger partial charge in [-0.25, -0.2) is 0 Å². The molecule has 4 N–H and O–H groups in total. The number of hydrazine groups is 1. The fourth-order valence-electron chi connectivity index (χ4n) is 2.59. The second kappa shape index (κ2) is 6.72. The lowest BCUT2D eigenvalue weighted by Gasteiger charge is -2.28. The summed E-state index contributed by atoms with van der Waals surface area (Å²) in [6, 6.07) is 5.72. The van der Waals surface area contributed by atoms with Crippen molar-refractivity contribution in [2.45, 2.75) is 32.7 Å². The van der Waals surface area contributed by atoms with Gasteiger partial charge in [0.1, 0.15) is 0 Å². The van der Waals surface area contributed by atoms with Crippen LogP contribution in [0.2, 0.25) is 0 Å². The van der Waals surface area contributed by atoms with Gasteiger partial charge in [0.05, 0.1) is 11.3 Å². The van der Waals surface area contributed by atoms with Crippen LogP contribution < -0.4 is 16.6 Å². The molecule has 110 valence electrons. The smallest absolute Gasteiger partial charge is 0.253 e. The van der Waals surface area contributed by atoms with Crippen LogP contribution in [0.4, 0.5) is 5.69 Å². The zero-order chi connectivity index (χ0) is 14.5. The quantitative estimate of drug-likeness (QED) is 0.579. The van der Waals surface area contributed by atoms with Gasteiger partial charge >= 0.3 is 0 Å². The predicted molar refractivity (Wildman–Crippen MR) is 79.5 cm³/mol. The number of carbonyl (C=O) groups excluding carboxylic acids is 1. The molecule has 5 nitrogen and oxygen atoms in total. The molecule has 0 aliphatic carbocycles. The van der Waals surface area contributed by atoms with Gasteiger partial charge in [0.25, 0.3) is 5.91 Å². The molecule has 0 bridgehead atoms. The Hall–Kier alpha value is -1.59. The fraction of sp³-hybridized carbons (Fsp3) is 0.533. The van der Waals surface area contributed by atoms with Gasteiger partial charge in [-0.05, 0) is 50.3 Å². The van der Waals surface area contributed by atoms with Crippen LogP contribution in [0.1, 0.15) is 35.7 Å². The van der Waals surface area contributed by atoms with Crippen LogP contribution in [-0.2, 0) is 4.74 Å². The van der Waals surface area contributed by atoms with E-state index in [-0.39, 0.29) is 11.9 Å². The normalized spacial score (nSPS) is 17.6. The Bertz CT molecular complexity index is 470. The van der Waals surface area contributed by atoms with E-state index < -0.39 is 0 Å². The van der Waals surface area contributed by atoms with E-state index in [9.17, 15) is 4.79 Å². The largest absolute Gasteiger partial charge is 0.381 e. The standard InChI is InChI=1S/C15H23N3O2/c1-10-3-4-13(14(9-10)18-16)15(19)17-11(2)12-5-7-20-8-6-12/h3-4,9,11-12,18H,5-8,16H2,1-2H3,(H,17,19). The van der Waals surface area contributed by atoms with E-state index in [1.54, 1.807) is 6.07 Å². The van der Waals surface area contributed by atoms with Gasteiger partial charge < -0.3 is 15.5 Å². The number of rotatable bonds is 4. The molecule has 1 aliphatic rings. The van der Waals surface area contributed by atoms with Crippen molar-refractivity contribution in [1.82, 2.24) is 5.32 Å². The summed E-state index contributed by atoms with van der Waals surface area (Å²) < 4.78 is 5.35. The number of hydrogen-bond acceptors (Lipinski definition) is 4. The third-order valence-corrected chi connectivity index (χ3v) is 3.91. The Balaban J connectivity index is 2.03. The molecule has 0 radical (unpaired) electrons. The first kappa shape index (κ1) is 14.8. The zero-order valence-corrected chi connectivity index (χ0v) is 12.1. The van der Waals surface area contributed by atoms with E-state index in [2.05, 4.69) is 17.7 Å². The van der Waals surface area contributed by atoms with Crippen LogP contribution >= 0.6 is 0 Å². The van der Waals surface area contributed by atoms with Crippen LogP contribution in [0.15, 0.2) is 18.2 Å². The minimum absolute atomic E-state index is 0.0862. The molecule has 1 aliphatic heterocycles. The SMILES string of the molecule is Cc1ccc(C(=O)NC(C)C2CCOCC2)c(NN)c1. The lowest BCUT2D eigenvalue weighted by molar-refractivity contribution is 0.0538. The van der Waals surface area contributed by atoms with Crippen LogP contribution in [0.3, 0.4) is 0 Å². The van der Waals surface area contributed by atoms with E-state index in [0.717, 1.165) is 31.6 Å². The maximum absolute atomic E-state index is 12.4. The van der Waals surface area contributed by atoms with Gasteiger partial charge in [-0.2, -0.15) is 0 Å². The number of nitrogen functional groups attached to an aromatic ring is 1. The summed E-state index contributed by atoms with van der Waals surface area (Å²) in [7, 11) is 0. The van der Waals surface area contributed by atoms with E-state index in [0.29, 0.717) is 17.2 Å². The van der Waals surface area contributed by atoms with Gasteiger partial charge in [-0.15, -0.1) is 0 Å². The summed E-state index contributed by atoms with van der Waals surface area (Å²) in [6.45, 7) is 5.58. The first-order valence-corrected chi connectivity index (χ1v) is 7.07. The van der Waals surface area contributed by atoms with Crippen molar-refractivity contribution in [1.29, 1.82) is 0 Å². The fourth-order valence-corrected chi connectivity index (χ4v) is 2.59. The molecule has 0 saturated carbocycles. The molecule has 1 aromatic carbocycles. The number of nitrogens with one attached hydrogen (secondary N) is 2. The Morgan fingerprint density at radius 2 is 2.10 bits per heavy atom. The molecule has 2 rings (SSSR count).